The van der Waals surface area contributed by atoms with Gasteiger partial charge in [0.2, 0.25) is 0 Å². The van der Waals surface area contributed by atoms with Crippen LogP contribution in [0.15, 0.2) is 24.3 Å². The number of rotatable bonds is 0. The lowest BCUT2D eigenvalue weighted by Crippen LogP contribution is -1.81. The summed E-state index contributed by atoms with van der Waals surface area (Å²) in [6.07, 6.45) is 1.25. The molecule has 3 heteroatoms. The van der Waals surface area contributed by atoms with Gasteiger partial charge in [0.25, 0.3) is 0 Å². The summed E-state index contributed by atoms with van der Waals surface area (Å²) in [5, 5.41) is 0. The Morgan fingerprint density at radius 2 is 1.50 bits per heavy atom. The van der Waals surface area contributed by atoms with Crippen molar-refractivity contribution in [2.45, 2.75) is 20.3 Å². The Labute approximate surface area is 94.3 Å². The smallest absolute Gasteiger partial charge is 0.0314 e. The predicted octanol–water partition coefficient (Wildman–Crippen LogP) is 3.71. The molecule has 0 aromatic heterocycles. The van der Waals surface area contributed by atoms with Crippen LogP contribution in [0.2, 0.25) is 0 Å². The number of benzene rings is 1. The molecule has 0 aliphatic carbocycles. The molecule has 0 aliphatic rings. The molecule has 0 amide bonds. The molecule has 0 unspecified atom stereocenters. The molecular formula is C9H15ClIN. The number of anilines is 1. The second-order valence-electron chi connectivity index (χ2n) is 2.26. The molecule has 70 valence electrons. The van der Waals surface area contributed by atoms with Gasteiger partial charge in [-0.25, -0.2) is 0 Å². The van der Waals surface area contributed by atoms with E-state index < -0.39 is 0 Å². The summed E-state index contributed by atoms with van der Waals surface area (Å²) in [4.78, 5) is 0. The summed E-state index contributed by atoms with van der Waals surface area (Å²) in [6.45, 7) is 4.25. The molecule has 1 nitrogen and oxygen atoms in total. The molecule has 0 saturated carbocycles. The van der Waals surface area contributed by atoms with Crippen LogP contribution in [0.3, 0.4) is 0 Å². The number of halogens is 2. The Kier molecular flexibility index (Phi) is 11.1. The van der Waals surface area contributed by atoms with Crippen molar-refractivity contribution in [2.75, 3.05) is 5.73 Å². The van der Waals surface area contributed by atoms with Crippen molar-refractivity contribution >= 4 is 40.7 Å². The molecule has 0 heterocycles. The van der Waals surface area contributed by atoms with Gasteiger partial charge in [-0.3, -0.25) is 0 Å². The van der Waals surface area contributed by atoms with Gasteiger partial charge in [0.05, 0.1) is 0 Å². The lowest BCUT2D eigenvalue weighted by Gasteiger charge is -1.89. The van der Waals surface area contributed by atoms with Gasteiger partial charge in [0.1, 0.15) is 0 Å². The minimum Gasteiger partial charge on any atom is -0.399 e. The van der Waals surface area contributed by atoms with Gasteiger partial charge in [0.15, 0.2) is 0 Å². The van der Waals surface area contributed by atoms with Crippen molar-refractivity contribution in [3.8, 4) is 0 Å². The van der Waals surface area contributed by atoms with Crippen molar-refractivity contribution in [3.63, 3.8) is 0 Å². The summed E-state index contributed by atoms with van der Waals surface area (Å²) in [7, 11) is 0. The van der Waals surface area contributed by atoms with Crippen LogP contribution in [-0.4, -0.2) is 0 Å². The van der Waals surface area contributed by atoms with E-state index in [0.717, 1.165) is 5.69 Å². The zero-order valence-electron chi connectivity index (χ0n) is 7.38. The molecular weight excluding hydrogens is 284 g/mol. The molecule has 0 saturated heterocycles. The van der Waals surface area contributed by atoms with Crippen LogP contribution >= 0.6 is 35.0 Å². The summed E-state index contributed by atoms with van der Waals surface area (Å²) >= 11 is 2.24. The molecule has 1 aromatic rings. The highest BCUT2D eigenvalue weighted by molar-refractivity contribution is 14.1. The van der Waals surface area contributed by atoms with Gasteiger partial charge in [-0.2, -0.15) is 0 Å². The fourth-order valence-corrected chi connectivity index (χ4v) is 0.822. The Hall–Kier alpha value is 0.0400. The van der Waals surface area contributed by atoms with E-state index in [9.17, 15) is 0 Å². The third kappa shape index (κ3) is 8.14. The van der Waals surface area contributed by atoms with Gasteiger partial charge in [-0.1, -0.05) is 20.3 Å². The van der Waals surface area contributed by atoms with E-state index in [1.54, 1.807) is 0 Å². The minimum atomic E-state index is 0. The van der Waals surface area contributed by atoms with Crippen molar-refractivity contribution < 1.29 is 0 Å². The highest BCUT2D eigenvalue weighted by Gasteiger charge is 1.81. The maximum absolute atomic E-state index is 5.42. The van der Waals surface area contributed by atoms with Crippen molar-refractivity contribution in [1.82, 2.24) is 0 Å². The Morgan fingerprint density at radius 3 is 1.75 bits per heavy atom. The first-order valence-electron chi connectivity index (χ1n) is 3.71. The van der Waals surface area contributed by atoms with Crippen LogP contribution in [0, 0.1) is 3.57 Å². The molecule has 1 rings (SSSR count). The Balaban J connectivity index is 0. The monoisotopic (exact) mass is 299 g/mol. The lowest BCUT2D eigenvalue weighted by atomic mass is 10.3. The van der Waals surface area contributed by atoms with Crippen LogP contribution in [-0.2, 0) is 0 Å². The van der Waals surface area contributed by atoms with Crippen molar-refractivity contribution in [1.29, 1.82) is 0 Å². The molecule has 0 fully saturated rings. The molecule has 12 heavy (non-hydrogen) atoms. The Bertz CT molecular complexity index is 165. The maximum atomic E-state index is 5.42. The van der Waals surface area contributed by atoms with Crippen LogP contribution in [0.5, 0.6) is 0 Å². The highest BCUT2D eigenvalue weighted by atomic mass is 127. The van der Waals surface area contributed by atoms with Gasteiger partial charge in [-0.05, 0) is 46.9 Å². The maximum Gasteiger partial charge on any atom is 0.0314 e. The van der Waals surface area contributed by atoms with Crippen LogP contribution in [0.25, 0.3) is 0 Å². The first kappa shape index (κ1) is 14.6. The average molecular weight is 300 g/mol. The second-order valence-corrected chi connectivity index (χ2v) is 3.50. The largest absolute Gasteiger partial charge is 0.399 e. The topological polar surface area (TPSA) is 26.0 Å². The third-order valence-corrected chi connectivity index (χ3v) is 1.59. The molecule has 0 spiro atoms. The number of hydrogen-bond acceptors (Lipinski definition) is 1. The second kappa shape index (κ2) is 9.13. The molecule has 0 bridgehead atoms. The van der Waals surface area contributed by atoms with Crippen molar-refractivity contribution in [3.05, 3.63) is 27.8 Å². The summed E-state index contributed by atoms with van der Waals surface area (Å²) in [6, 6.07) is 7.75. The zero-order chi connectivity index (χ0) is 8.69. The predicted molar refractivity (Wildman–Crippen MR) is 66.8 cm³/mol. The fraction of sp³-hybridized carbons (Fsp3) is 0.333. The van der Waals surface area contributed by atoms with Gasteiger partial charge < -0.3 is 5.73 Å². The van der Waals surface area contributed by atoms with E-state index in [1.807, 2.05) is 24.3 Å². The van der Waals surface area contributed by atoms with Gasteiger partial charge in [-0.15, -0.1) is 12.4 Å². The normalized spacial score (nSPS) is 7.58. The standard InChI is InChI=1S/C6H6IN.C3H8.ClH/c7-5-1-3-6(8)4-2-5;1-3-2;/h1-4H,8H2;3H2,1-2H3;1H. The zero-order valence-corrected chi connectivity index (χ0v) is 10.4. The first-order chi connectivity index (χ1) is 5.20. The molecule has 0 radical (unpaired) electrons. The van der Waals surface area contributed by atoms with E-state index in [2.05, 4.69) is 36.4 Å². The third-order valence-electron chi connectivity index (χ3n) is 0.870. The van der Waals surface area contributed by atoms with Gasteiger partial charge in [0, 0.05) is 9.26 Å². The SMILES string of the molecule is CCC.Cl.Nc1ccc(I)cc1. The molecule has 0 aliphatic heterocycles. The van der Waals surface area contributed by atoms with E-state index >= 15 is 0 Å². The Morgan fingerprint density at radius 1 is 1.17 bits per heavy atom. The molecule has 0 atom stereocenters. The first-order valence-corrected chi connectivity index (χ1v) is 4.79. The number of nitrogen functional groups attached to an aromatic ring is 1. The average Bonchev–Trinajstić information content (AvgIpc) is 1.97. The minimum absolute atomic E-state index is 0. The van der Waals surface area contributed by atoms with E-state index in [-0.39, 0.29) is 12.4 Å². The summed E-state index contributed by atoms with van der Waals surface area (Å²) in [5.41, 5.74) is 6.25. The van der Waals surface area contributed by atoms with Crippen LogP contribution in [0.1, 0.15) is 20.3 Å². The number of hydrogen-bond donors (Lipinski definition) is 1. The summed E-state index contributed by atoms with van der Waals surface area (Å²) < 4.78 is 1.22. The van der Waals surface area contributed by atoms with Crippen molar-refractivity contribution in [2.24, 2.45) is 0 Å². The molecule has 1 aromatic carbocycles. The number of nitrogens with two attached hydrogens (primary N) is 1. The van der Waals surface area contributed by atoms with Crippen LogP contribution in [0.4, 0.5) is 5.69 Å². The molecule has 2 N–H and O–H groups in total. The fourth-order valence-electron chi connectivity index (χ4n) is 0.463. The van der Waals surface area contributed by atoms with E-state index in [4.69, 9.17) is 5.73 Å². The van der Waals surface area contributed by atoms with E-state index in [0.29, 0.717) is 0 Å². The van der Waals surface area contributed by atoms with Crippen LogP contribution < -0.4 is 5.73 Å². The van der Waals surface area contributed by atoms with Gasteiger partial charge >= 0.3 is 0 Å². The lowest BCUT2D eigenvalue weighted by molar-refractivity contribution is 1.09. The summed E-state index contributed by atoms with van der Waals surface area (Å²) in [5.74, 6) is 0. The quantitative estimate of drug-likeness (QED) is 0.573. The highest BCUT2D eigenvalue weighted by Crippen LogP contribution is 2.06. The van der Waals surface area contributed by atoms with E-state index in [1.165, 1.54) is 9.99 Å².